The molecule has 1 heterocycles. The van der Waals surface area contributed by atoms with Crippen LogP contribution in [0.2, 0.25) is 0 Å². The maximum atomic E-state index is 11.8. The topological polar surface area (TPSA) is 48.5 Å². The third-order valence-electron chi connectivity index (χ3n) is 2.87. The zero-order valence-electron chi connectivity index (χ0n) is 12.1. The largest absolute Gasteiger partial charge is 0.338 e. The van der Waals surface area contributed by atoms with Crippen LogP contribution in [0.25, 0.3) is 0 Å². The van der Waals surface area contributed by atoms with Gasteiger partial charge in [-0.15, -0.1) is 0 Å². The van der Waals surface area contributed by atoms with E-state index in [-0.39, 0.29) is 6.03 Å². The summed E-state index contributed by atoms with van der Waals surface area (Å²) in [5.41, 5.74) is 1.21. The lowest BCUT2D eigenvalue weighted by molar-refractivity contribution is 0.203. The molecule has 1 aromatic heterocycles. The highest BCUT2D eigenvalue weighted by Gasteiger charge is 2.07. The van der Waals surface area contributed by atoms with E-state index in [9.17, 15) is 4.79 Å². The molecule has 1 N–H and O–H groups in total. The second-order valence-electron chi connectivity index (χ2n) is 4.92. The molecule has 106 valence electrons. The maximum Gasteiger partial charge on any atom is 0.317 e. The number of amides is 2. The molecule has 0 unspecified atom stereocenters. The average Bonchev–Trinajstić information content (AvgIpc) is 2.41. The Morgan fingerprint density at radius 2 is 2.11 bits per heavy atom. The van der Waals surface area contributed by atoms with E-state index in [0.717, 1.165) is 25.9 Å². The van der Waals surface area contributed by atoms with Crippen molar-refractivity contribution in [2.24, 2.45) is 0 Å². The first-order valence-corrected chi connectivity index (χ1v) is 6.62. The summed E-state index contributed by atoms with van der Waals surface area (Å²) < 4.78 is 0. The molecule has 0 saturated carbocycles. The fraction of sp³-hybridized carbons (Fsp3) is 0.571. The molecule has 2 amide bonds. The summed E-state index contributed by atoms with van der Waals surface area (Å²) in [4.78, 5) is 19.6. The number of hydrogen-bond acceptors (Lipinski definition) is 3. The molecular formula is C14H24N4O. The van der Waals surface area contributed by atoms with Crippen LogP contribution < -0.4 is 5.32 Å². The molecule has 0 aliphatic heterocycles. The summed E-state index contributed by atoms with van der Waals surface area (Å²) in [5, 5.41) is 2.92. The Hall–Kier alpha value is -1.62. The van der Waals surface area contributed by atoms with Crippen LogP contribution in [0.15, 0.2) is 24.5 Å². The Bertz CT molecular complexity index is 367. The summed E-state index contributed by atoms with van der Waals surface area (Å²) in [7, 11) is 5.82. The van der Waals surface area contributed by atoms with Crippen LogP contribution in [0.5, 0.6) is 0 Å². The third kappa shape index (κ3) is 6.76. The quantitative estimate of drug-likeness (QED) is 0.753. The number of carbonyl (C=O) groups excluding carboxylic acids is 1. The fourth-order valence-electron chi connectivity index (χ4n) is 1.62. The van der Waals surface area contributed by atoms with Gasteiger partial charge in [0.05, 0.1) is 0 Å². The van der Waals surface area contributed by atoms with E-state index in [2.05, 4.69) is 21.3 Å². The lowest BCUT2D eigenvalue weighted by Crippen LogP contribution is -2.40. The van der Waals surface area contributed by atoms with Crippen molar-refractivity contribution in [2.45, 2.75) is 12.8 Å². The molecule has 0 saturated heterocycles. The molecule has 0 aromatic carbocycles. The zero-order valence-corrected chi connectivity index (χ0v) is 12.1. The van der Waals surface area contributed by atoms with Crippen LogP contribution in [-0.2, 0) is 6.42 Å². The summed E-state index contributed by atoms with van der Waals surface area (Å²) >= 11 is 0. The molecule has 1 aromatic rings. The van der Waals surface area contributed by atoms with Gasteiger partial charge in [0.25, 0.3) is 0 Å². The van der Waals surface area contributed by atoms with Crippen molar-refractivity contribution in [1.29, 1.82) is 0 Å². The van der Waals surface area contributed by atoms with Gasteiger partial charge in [0.1, 0.15) is 0 Å². The van der Waals surface area contributed by atoms with E-state index in [1.165, 1.54) is 5.56 Å². The molecule has 0 radical (unpaired) electrons. The Labute approximate surface area is 115 Å². The van der Waals surface area contributed by atoms with Crippen molar-refractivity contribution in [2.75, 3.05) is 40.8 Å². The molecule has 5 heteroatoms. The Morgan fingerprint density at radius 3 is 2.74 bits per heavy atom. The monoisotopic (exact) mass is 264 g/mol. The molecule has 0 aliphatic carbocycles. The Morgan fingerprint density at radius 1 is 1.32 bits per heavy atom. The predicted octanol–water partition coefficient (Wildman–Crippen LogP) is 1.22. The number of hydrogen-bond donors (Lipinski definition) is 1. The molecule has 19 heavy (non-hydrogen) atoms. The lowest BCUT2D eigenvalue weighted by atomic mass is 10.1. The first-order valence-electron chi connectivity index (χ1n) is 6.62. The number of urea groups is 1. The van der Waals surface area contributed by atoms with E-state index in [1.807, 2.05) is 33.4 Å². The number of nitrogens with one attached hydrogen (secondary N) is 1. The lowest BCUT2D eigenvalue weighted by Gasteiger charge is -2.20. The van der Waals surface area contributed by atoms with Crippen molar-refractivity contribution >= 4 is 6.03 Å². The highest BCUT2D eigenvalue weighted by atomic mass is 16.2. The third-order valence-corrected chi connectivity index (χ3v) is 2.87. The molecule has 0 spiro atoms. The summed E-state index contributed by atoms with van der Waals surface area (Å²) in [6.07, 6.45) is 5.50. The fourth-order valence-corrected chi connectivity index (χ4v) is 1.62. The second-order valence-corrected chi connectivity index (χ2v) is 4.92. The summed E-state index contributed by atoms with van der Waals surface area (Å²) in [6.45, 7) is 2.31. The summed E-state index contributed by atoms with van der Waals surface area (Å²) in [6, 6.07) is 3.98. The minimum Gasteiger partial charge on any atom is -0.338 e. The van der Waals surface area contributed by atoms with Crippen LogP contribution in [-0.4, -0.2) is 61.6 Å². The average molecular weight is 264 g/mol. The zero-order chi connectivity index (χ0) is 14.1. The Kier molecular flexibility index (Phi) is 6.89. The van der Waals surface area contributed by atoms with Crippen LogP contribution in [0.3, 0.4) is 0 Å². The smallest absolute Gasteiger partial charge is 0.317 e. The number of aryl methyl sites for hydroxylation is 1. The van der Waals surface area contributed by atoms with Gasteiger partial charge in [-0.25, -0.2) is 4.79 Å². The van der Waals surface area contributed by atoms with E-state index in [4.69, 9.17) is 0 Å². The molecule has 0 aliphatic rings. The molecule has 5 nitrogen and oxygen atoms in total. The van der Waals surface area contributed by atoms with Crippen molar-refractivity contribution in [1.82, 2.24) is 20.1 Å². The minimum atomic E-state index is -0.00645. The molecule has 0 bridgehead atoms. The minimum absolute atomic E-state index is 0.00645. The maximum absolute atomic E-state index is 11.8. The number of rotatable bonds is 7. The van der Waals surface area contributed by atoms with Crippen LogP contribution in [0.1, 0.15) is 12.0 Å². The van der Waals surface area contributed by atoms with Gasteiger partial charge < -0.3 is 15.1 Å². The van der Waals surface area contributed by atoms with Crippen LogP contribution in [0, 0.1) is 0 Å². The van der Waals surface area contributed by atoms with Gasteiger partial charge >= 0.3 is 6.03 Å². The number of nitrogens with zero attached hydrogens (tertiary/aromatic N) is 3. The highest BCUT2D eigenvalue weighted by molar-refractivity contribution is 5.73. The highest BCUT2D eigenvalue weighted by Crippen LogP contribution is 1.99. The first-order chi connectivity index (χ1) is 9.09. The van der Waals surface area contributed by atoms with Crippen LogP contribution >= 0.6 is 0 Å². The standard InChI is InChI=1S/C14H24N4O/c1-17(2)10-11-18(3)14(19)16-9-5-7-13-6-4-8-15-12-13/h4,6,8,12H,5,7,9-11H2,1-3H3,(H,16,19). The van der Waals surface area contributed by atoms with E-state index in [1.54, 1.807) is 11.1 Å². The van der Waals surface area contributed by atoms with Gasteiger partial charge in [0, 0.05) is 39.1 Å². The predicted molar refractivity (Wildman–Crippen MR) is 77.1 cm³/mol. The normalized spacial score (nSPS) is 10.5. The van der Waals surface area contributed by atoms with Gasteiger partial charge in [0.2, 0.25) is 0 Å². The second kappa shape index (κ2) is 8.48. The summed E-state index contributed by atoms with van der Waals surface area (Å²) in [5.74, 6) is 0. The number of pyridine rings is 1. The van der Waals surface area contributed by atoms with Crippen LogP contribution in [0.4, 0.5) is 4.79 Å². The van der Waals surface area contributed by atoms with E-state index >= 15 is 0 Å². The number of likely N-dealkylation sites (N-methyl/N-ethyl adjacent to an activating group) is 2. The molecule has 1 rings (SSSR count). The van der Waals surface area contributed by atoms with Gasteiger partial charge in [-0.3, -0.25) is 4.98 Å². The number of aromatic nitrogens is 1. The van der Waals surface area contributed by atoms with E-state index < -0.39 is 0 Å². The van der Waals surface area contributed by atoms with Gasteiger partial charge in [-0.05, 0) is 38.6 Å². The van der Waals surface area contributed by atoms with Crippen molar-refractivity contribution in [3.63, 3.8) is 0 Å². The Balaban J connectivity index is 2.13. The van der Waals surface area contributed by atoms with Gasteiger partial charge in [-0.1, -0.05) is 6.07 Å². The SMILES string of the molecule is CN(C)CCN(C)C(=O)NCCCc1cccnc1. The number of carbonyl (C=O) groups is 1. The van der Waals surface area contributed by atoms with Crippen molar-refractivity contribution in [3.05, 3.63) is 30.1 Å². The van der Waals surface area contributed by atoms with E-state index in [0.29, 0.717) is 6.54 Å². The molecular weight excluding hydrogens is 240 g/mol. The molecule has 0 fully saturated rings. The first kappa shape index (κ1) is 15.4. The van der Waals surface area contributed by atoms with Crippen molar-refractivity contribution < 1.29 is 4.79 Å². The van der Waals surface area contributed by atoms with Gasteiger partial charge in [0.15, 0.2) is 0 Å². The van der Waals surface area contributed by atoms with Gasteiger partial charge in [-0.2, -0.15) is 0 Å². The molecule has 0 atom stereocenters. The van der Waals surface area contributed by atoms with Crippen molar-refractivity contribution in [3.8, 4) is 0 Å².